The Morgan fingerprint density at radius 3 is 2.38 bits per heavy atom. The minimum Gasteiger partial charge on any atom is -0.544 e. The number of allylic oxidation sites excluding steroid dienone is 1. The van der Waals surface area contributed by atoms with Crippen LogP contribution >= 0.6 is 11.8 Å². The average molecular weight is 256 g/mol. The van der Waals surface area contributed by atoms with Crippen LogP contribution < -0.4 is 0 Å². The maximum Gasteiger partial charge on any atom is 0.250 e. The van der Waals surface area contributed by atoms with E-state index in [4.69, 9.17) is 4.43 Å². The van der Waals surface area contributed by atoms with Gasteiger partial charge in [-0.15, -0.1) is 18.3 Å². The zero-order chi connectivity index (χ0) is 12.8. The summed E-state index contributed by atoms with van der Waals surface area (Å²) in [5.74, 6) is 1.69. The largest absolute Gasteiger partial charge is 0.544 e. The lowest BCUT2D eigenvalue weighted by atomic mass is 10.2. The van der Waals surface area contributed by atoms with Crippen LogP contribution in [0.1, 0.15) is 20.8 Å². The van der Waals surface area contributed by atoms with E-state index in [1.54, 1.807) is 11.8 Å². The zero-order valence-electron chi connectivity index (χ0n) is 11.2. The maximum absolute atomic E-state index is 6.00. The van der Waals surface area contributed by atoms with Crippen LogP contribution in [-0.2, 0) is 4.43 Å². The lowest BCUT2D eigenvalue weighted by Crippen LogP contribution is -2.40. The molecular formula is C13H24OSSi. The third kappa shape index (κ3) is 5.61. The van der Waals surface area contributed by atoms with Crippen molar-refractivity contribution in [2.75, 3.05) is 5.75 Å². The van der Waals surface area contributed by atoms with Gasteiger partial charge in [-0.05, 0) is 29.6 Å². The van der Waals surface area contributed by atoms with E-state index in [1.807, 2.05) is 17.6 Å². The summed E-state index contributed by atoms with van der Waals surface area (Å²) in [7, 11) is -1.72. The molecule has 0 heterocycles. The van der Waals surface area contributed by atoms with Crippen LogP contribution in [0, 0.1) is 0 Å². The second-order valence-electron chi connectivity index (χ2n) is 5.25. The van der Waals surface area contributed by atoms with Gasteiger partial charge in [0, 0.05) is 5.75 Å². The molecule has 0 aromatic carbocycles. The van der Waals surface area contributed by atoms with E-state index in [-0.39, 0.29) is 5.04 Å². The molecule has 0 atom stereocenters. The molecule has 0 aliphatic rings. The lowest BCUT2D eigenvalue weighted by molar-refractivity contribution is 0.402. The number of rotatable bonds is 6. The van der Waals surface area contributed by atoms with Crippen molar-refractivity contribution < 1.29 is 4.43 Å². The number of thioether (sulfide) groups is 1. The molecule has 1 nitrogen and oxygen atoms in total. The fraction of sp³-hybridized carbons (Fsp3) is 0.538. The van der Waals surface area contributed by atoms with Crippen molar-refractivity contribution in [3.63, 3.8) is 0 Å². The monoisotopic (exact) mass is 256 g/mol. The molecular weight excluding hydrogens is 232 g/mol. The molecule has 0 aliphatic heterocycles. The van der Waals surface area contributed by atoms with Gasteiger partial charge in [-0.2, -0.15) is 0 Å². The van der Waals surface area contributed by atoms with E-state index >= 15 is 0 Å². The summed E-state index contributed by atoms with van der Waals surface area (Å²) in [6, 6.07) is 0. The zero-order valence-corrected chi connectivity index (χ0v) is 13.0. The van der Waals surface area contributed by atoms with Crippen molar-refractivity contribution in [1.29, 1.82) is 0 Å². The predicted molar refractivity (Wildman–Crippen MR) is 79.2 cm³/mol. The van der Waals surface area contributed by atoms with Crippen LogP contribution in [0.3, 0.4) is 0 Å². The maximum atomic E-state index is 6.00. The van der Waals surface area contributed by atoms with Crippen LogP contribution in [0.5, 0.6) is 0 Å². The highest BCUT2D eigenvalue weighted by Gasteiger charge is 2.38. The molecule has 0 rings (SSSR count). The highest BCUT2D eigenvalue weighted by Crippen LogP contribution is 2.37. The Labute approximate surface area is 106 Å². The van der Waals surface area contributed by atoms with Crippen LogP contribution in [0.4, 0.5) is 0 Å². The molecule has 0 saturated heterocycles. The van der Waals surface area contributed by atoms with Gasteiger partial charge in [-0.3, -0.25) is 0 Å². The quantitative estimate of drug-likeness (QED) is 0.218. The fourth-order valence-corrected chi connectivity index (χ4v) is 2.29. The molecule has 16 heavy (non-hydrogen) atoms. The second-order valence-corrected chi connectivity index (χ2v) is 10.9. The Bertz CT molecular complexity index is 274. The summed E-state index contributed by atoms with van der Waals surface area (Å²) < 4.78 is 6.00. The van der Waals surface area contributed by atoms with Crippen LogP contribution in [0.2, 0.25) is 18.1 Å². The molecule has 0 radical (unpaired) electrons. The minimum atomic E-state index is -1.72. The van der Waals surface area contributed by atoms with Crippen molar-refractivity contribution in [2.24, 2.45) is 0 Å². The van der Waals surface area contributed by atoms with E-state index in [0.717, 1.165) is 11.5 Å². The van der Waals surface area contributed by atoms with Gasteiger partial charge in [0.25, 0.3) is 0 Å². The SMILES string of the molecule is C=CCS/C=C/C(=C)O[Si](C)(C)C(C)(C)C. The highest BCUT2D eigenvalue weighted by molar-refractivity contribution is 8.02. The fourth-order valence-electron chi connectivity index (χ4n) is 0.762. The Morgan fingerprint density at radius 2 is 1.94 bits per heavy atom. The van der Waals surface area contributed by atoms with Crippen LogP contribution in [0.15, 0.2) is 36.5 Å². The van der Waals surface area contributed by atoms with E-state index in [0.29, 0.717) is 0 Å². The van der Waals surface area contributed by atoms with Crippen molar-refractivity contribution in [1.82, 2.24) is 0 Å². The molecule has 0 aromatic heterocycles. The molecule has 0 unspecified atom stereocenters. The molecule has 0 aliphatic carbocycles. The van der Waals surface area contributed by atoms with Crippen molar-refractivity contribution in [2.45, 2.75) is 38.9 Å². The van der Waals surface area contributed by atoms with Gasteiger partial charge in [0.2, 0.25) is 8.32 Å². The normalized spacial score (nSPS) is 12.8. The minimum absolute atomic E-state index is 0.220. The first-order valence-corrected chi connectivity index (χ1v) is 9.43. The summed E-state index contributed by atoms with van der Waals surface area (Å²) in [5, 5.41) is 2.23. The molecule has 0 saturated carbocycles. The van der Waals surface area contributed by atoms with E-state index < -0.39 is 8.32 Å². The van der Waals surface area contributed by atoms with Crippen molar-refractivity contribution in [3.05, 3.63) is 36.5 Å². The Morgan fingerprint density at radius 1 is 1.38 bits per heavy atom. The highest BCUT2D eigenvalue weighted by atomic mass is 32.2. The summed E-state index contributed by atoms with van der Waals surface area (Å²) in [6.45, 7) is 18.7. The first-order chi connectivity index (χ1) is 7.20. The average Bonchev–Trinajstić information content (AvgIpc) is 2.10. The molecule has 0 bridgehead atoms. The molecule has 0 amide bonds. The predicted octanol–water partition coefficient (Wildman–Crippen LogP) is 4.95. The Balaban J connectivity index is 4.24. The molecule has 0 spiro atoms. The molecule has 0 aromatic rings. The first-order valence-electron chi connectivity index (χ1n) is 5.47. The lowest BCUT2D eigenvalue weighted by Gasteiger charge is -2.36. The smallest absolute Gasteiger partial charge is 0.250 e. The summed E-state index contributed by atoms with van der Waals surface area (Å²) in [5.41, 5.74) is 0. The topological polar surface area (TPSA) is 9.23 Å². The summed E-state index contributed by atoms with van der Waals surface area (Å²) in [6.07, 6.45) is 3.82. The number of hydrogen-bond donors (Lipinski definition) is 0. The van der Waals surface area contributed by atoms with Crippen molar-refractivity contribution >= 4 is 20.1 Å². The van der Waals surface area contributed by atoms with Gasteiger partial charge in [-0.25, -0.2) is 0 Å². The van der Waals surface area contributed by atoms with Crippen LogP contribution in [-0.4, -0.2) is 14.1 Å². The van der Waals surface area contributed by atoms with Crippen LogP contribution in [0.25, 0.3) is 0 Å². The summed E-state index contributed by atoms with van der Waals surface area (Å²) in [4.78, 5) is 0. The summed E-state index contributed by atoms with van der Waals surface area (Å²) >= 11 is 1.69. The first kappa shape index (κ1) is 15.6. The molecule has 0 N–H and O–H groups in total. The standard InChI is InChI=1S/C13H24OSSi/c1-8-10-15-11-9-12(2)14-16(6,7)13(3,4)5/h8-9,11H,1-2,10H2,3-7H3/b11-9+. The van der Waals surface area contributed by atoms with Gasteiger partial charge < -0.3 is 4.43 Å². The Hall–Kier alpha value is -0.413. The van der Waals surface area contributed by atoms with Gasteiger partial charge in [0.15, 0.2) is 0 Å². The van der Waals surface area contributed by atoms with Crippen molar-refractivity contribution in [3.8, 4) is 0 Å². The second kappa shape index (κ2) is 6.35. The van der Waals surface area contributed by atoms with E-state index in [2.05, 4.69) is 47.0 Å². The molecule has 92 valence electrons. The third-order valence-corrected chi connectivity index (χ3v) is 7.90. The van der Waals surface area contributed by atoms with E-state index in [1.165, 1.54) is 0 Å². The number of hydrogen-bond acceptors (Lipinski definition) is 2. The van der Waals surface area contributed by atoms with E-state index in [9.17, 15) is 0 Å². The van der Waals surface area contributed by atoms with Gasteiger partial charge in [-0.1, -0.05) is 33.4 Å². The van der Waals surface area contributed by atoms with Gasteiger partial charge in [0.1, 0.15) is 0 Å². The molecule has 3 heteroatoms. The Kier molecular flexibility index (Phi) is 6.19. The van der Waals surface area contributed by atoms with Gasteiger partial charge >= 0.3 is 0 Å². The molecule has 0 fully saturated rings. The van der Waals surface area contributed by atoms with Gasteiger partial charge in [0.05, 0.1) is 5.76 Å². The third-order valence-electron chi connectivity index (χ3n) is 2.76.